The Balaban J connectivity index is 1.47. The minimum absolute atomic E-state index is 0.694. The zero-order chi connectivity index (χ0) is 21.3. The molecule has 1 aromatic heterocycles. The van der Waals surface area contributed by atoms with Gasteiger partial charge >= 0.3 is 0 Å². The molecule has 2 fully saturated rings. The summed E-state index contributed by atoms with van der Waals surface area (Å²) in [6.45, 7) is 6.48. The van der Waals surface area contributed by atoms with Crippen molar-refractivity contribution in [3.05, 3.63) is 77.1 Å². The molecule has 1 aliphatic heterocycles. The molecule has 2 aromatic rings. The number of hydrogen-bond acceptors (Lipinski definition) is 3. The van der Waals surface area contributed by atoms with Gasteiger partial charge in [-0.15, -0.1) is 0 Å². The molecule has 0 radical (unpaired) electrons. The van der Waals surface area contributed by atoms with Crippen LogP contribution in [-0.2, 0) is 0 Å². The van der Waals surface area contributed by atoms with Crippen LogP contribution in [0.15, 0.2) is 54.6 Å². The predicted molar refractivity (Wildman–Crippen MR) is 132 cm³/mol. The van der Waals surface area contributed by atoms with Crippen LogP contribution < -0.4 is 5.32 Å². The van der Waals surface area contributed by atoms with E-state index in [-0.39, 0.29) is 0 Å². The fourth-order valence-electron chi connectivity index (χ4n) is 4.70. The summed E-state index contributed by atoms with van der Waals surface area (Å²) < 4.78 is 0. The summed E-state index contributed by atoms with van der Waals surface area (Å²) in [5.74, 6) is 0. The normalized spacial score (nSPS) is 18.8. The van der Waals surface area contributed by atoms with E-state index in [0.717, 1.165) is 24.5 Å². The molecule has 0 unspecified atom stereocenters. The maximum atomic E-state index is 5.00. The molecule has 164 valence electrons. The van der Waals surface area contributed by atoms with Crippen molar-refractivity contribution in [2.45, 2.75) is 57.9 Å². The number of nitrogens with zero attached hydrogens (tertiary/aromatic N) is 2. The van der Waals surface area contributed by atoms with Crippen molar-refractivity contribution in [3.8, 4) is 0 Å². The van der Waals surface area contributed by atoms with Crippen molar-refractivity contribution in [1.29, 1.82) is 0 Å². The smallest absolute Gasteiger partial charge is 0.0712 e. The standard InChI is InChI=1S/C28H37N3/c1-23-14-16-24(17-15-23)27(18-22-31-20-5-6-21-31)28-13-7-11-26(30-28)12-8-19-29-25-9-3-2-4-10-25/h7-8,11-18,25,29H,2-6,9-10,19-22H2,1H3/b12-8+,27-18+. The first kappa shape index (κ1) is 22.0. The predicted octanol–water partition coefficient (Wildman–Crippen LogP) is 5.85. The molecule has 1 aromatic carbocycles. The van der Waals surface area contributed by atoms with Crippen LogP contribution in [0.1, 0.15) is 67.5 Å². The van der Waals surface area contributed by atoms with Gasteiger partial charge in [0, 0.05) is 24.7 Å². The molecule has 1 aliphatic carbocycles. The molecule has 4 rings (SSSR count). The summed E-state index contributed by atoms with van der Waals surface area (Å²) in [6, 6.07) is 15.9. The van der Waals surface area contributed by atoms with Gasteiger partial charge in [-0.3, -0.25) is 4.90 Å². The number of aromatic nitrogens is 1. The number of rotatable bonds is 8. The quantitative estimate of drug-likeness (QED) is 0.586. The Labute approximate surface area is 188 Å². The maximum Gasteiger partial charge on any atom is 0.0712 e. The maximum absolute atomic E-state index is 5.00. The van der Waals surface area contributed by atoms with E-state index in [9.17, 15) is 0 Å². The molecule has 0 spiro atoms. The van der Waals surface area contributed by atoms with E-state index in [1.54, 1.807) is 0 Å². The van der Waals surface area contributed by atoms with Crippen molar-refractivity contribution >= 4 is 11.6 Å². The van der Waals surface area contributed by atoms with Gasteiger partial charge in [-0.1, -0.05) is 67.3 Å². The van der Waals surface area contributed by atoms with E-state index in [1.807, 2.05) is 0 Å². The van der Waals surface area contributed by atoms with E-state index >= 15 is 0 Å². The highest BCUT2D eigenvalue weighted by Crippen LogP contribution is 2.24. The first-order chi connectivity index (χ1) is 15.3. The molecular weight excluding hydrogens is 378 g/mol. The van der Waals surface area contributed by atoms with E-state index in [0.29, 0.717) is 6.04 Å². The summed E-state index contributed by atoms with van der Waals surface area (Å²) in [5, 5.41) is 3.68. The van der Waals surface area contributed by atoms with E-state index < -0.39 is 0 Å². The van der Waals surface area contributed by atoms with Gasteiger partial charge in [-0.25, -0.2) is 4.98 Å². The van der Waals surface area contributed by atoms with Gasteiger partial charge in [0.2, 0.25) is 0 Å². The molecule has 1 saturated carbocycles. The molecule has 3 nitrogen and oxygen atoms in total. The molecule has 0 amide bonds. The fraction of sp³-hybridized carbons (Fsp3) is 0.464. The van der Waals surface area contributed by atoms with Gasteiger partial charge in [-0.2, -0.15) is 0 Å². The third-order valence-electron chi connectivity index (χ3n) is 6.58. The van der Waals surface area contributed by atoms with Crippen molar-refractivity contribution < 1.29 is 0 Å². The van der Waals surface area contributed by atoms with Crippen LogP contribution in [0.2, 0.25) is 0 Å². The van der Waals surface area contributed by atoms with Crippen LogP contribution in [0.5, 0.6) is 0 Å². The van der Waals surface area contributed by atoms with Gasteiger partial charge in [-0.05, 0) is 69.5 Å². The lowest BCUT2D eigenvalue weighted by molar-refractivity contribution is 0.377. The molecule has 2 heterocycles. The highest BCUT2D eigenvalue weighted by Gasteiger charge is 2.13. The lowest BCUT2D eigenvalue weighted by Gasteiger charge is -2.21. The second-order valence-corrected chi connectivity index (χ2v) is 9.08. The van der Waals surface area contributed by atoms with Gasteiger partial charge in [0.05, 0.1) is 11.4 Å². The lowest BCUT2D eigenvalue weighted by atomic mass is 9.95. The highest BCUT2D eigenvalue weighted by atomic mass is 15.1. The molecule has 0 bridgehead atoms. The summed E-state index contributed by atoms with van der Waals surface area (Å²) in [4.78, 5) is 7.54. The van der Waals surface area contributed by atoms with Crippen LogP contribution in [0, 0.1) is 6.92 Å². The summed E-state index contributed by atoms with van der Waals surface area (Å²) in [6.07, 6.45) is 16.2. The Bertz CT molecular complexity index is 869. The topological polar surface area (TPSA) is 28.2 Å². The second kappa shape index (κ2) is 11.4. The number of benzene rings is 1. The van der Waals surface area contributed by atoms with Gasteiger partial charge in [0.25, 0.3) is 0 Å². The average Bonchev–Trinajstić information content (AvgIpc) is 3.33. The molecule has 3 heteroatoms. The third kappa shape index (κ3) is 6.62. The lowest BCUT2D eigenvalue weighted by Crippen LogP contribution is -2.30. The van der Waals surface area contributed by atoms with Crippen LogP contribution >= 0.6 is 0 Å². The van der Waals surface area contributed by atoms with E-state index in [1.165, 1.54) is 74.7 Å². The first-order valence-corrected chi connectivity index (χ1v) is 12.1. The molecule has 1 N–H and O–H groups in total. The fourth-order valence-corrected chi connectivity index (χ4v) is 4.70. The number of likely N-dealkylation sites (tertiary alicyclic amines) is 1. The number of pyridine rings is 1. The molecule has 31 heavy (non-hydrogen) atoms. The zero-order valence-electron chi connectivity index (χ0n) is 19.0. The zero-order valence-corrected chi connectivity index (χ0v) is 19.0. The largest absolute Gasteiger partial charge is 0.311 e. The Morgan fingerprint density at radius 1 is 1.00 bits per heavy atom. The number of aryl methyl sites for hydroxylation is 1. The molecule has 1 saturated heterocycles. The number of nitrogens with one attached hydrogen (secondary N) is 1. The van der Waals surface area contributed by atoms with Crippen molar-refractivity contribution in [1.82, 2.24) is 15.2 Å². The van der Waals surface area contributed by atoms with Gasteiger partial charge in [0.15, 0.2) is 0 Å². The Morgan fingerprint density at radius 3 is 2.55 bits per heavy atom. The minimum Gasteiger partial charge on any atom is -0.311 e. The summed E-state index contributed by atoms with van der Waals surface area (Å²) in [7, 11) is 0. The van der Waals surface area contributed by atoms with Gasteiger partial charge < -0.3 is 5.32 Å². The average molecular weight is 416 g/mol. The number of hydrogen-bond donors (Lipinski definition) is 1. The van der Waals surface area contributed by atoms with Crippen LogP contribution in [0.4, 0.5) is 0 Å². The minimum atomic E-state index is 0.694. The van der Waals surface area contributed by atoms with Gasteiger partial charge in [0.1, 0.15) is 0 Å². The SMILES string of the molecule is Cc1ccc(/C(=C\CN2CCCC2)c2cccc(/C=C/CNC3CCCCC3)n2)cc1. The van der Waals surface area contributed by atoms with Crippen LogP contribution in [-0.4, -0.2) is 42.1 Å². The van der Waals surface area contributed by atoms with E-state index in [2.05, 4.69) is 77.8 Å². The molecule has 2 aliphatic rings. The Hall–Kier alpha value is -2.23. The first-order valence-electron chi connectivity index (χ1n) is 12.1. The molecular formula is C28H37N3. The summed E-state index contributed by atoms with van der Waals surface area (Å²) >= 11 is 0. The Kier molecular flexibility index (Phi) is 8.09. The second-order valence-electron chi connectivity index (χ2n) is 9.08. The summed E-state index contributed by atoms with van der Waals surface area (Å²) in [5.41, 5.74) is 5.87. The monoisotopic (exact) mass is 415 g/mol. The van der Waals surface area contributed by atoms with Crippen LogP contribution in [0.3, 0.4) is 0 Å². The van der Waals surface area contributed by atoms with Crippen LogP contribution in [0.25, 0.3) is 11.6 Å². The van der Waals surface area contributed by atoms with Crippen molar-refractivity contribution in [3.63, 3.8) is 0 Å². The molecule has 0 atom stereocenters. The Morgan fingerprint density at radius 2 is 1.77 bits per heavy atom. The highest BCUT2D eigenvalue weighted by molar-refractivity contribution is 5.78. The third-order valence-corrected chi connectivity index (χ3v) is 6.58. The van der Waals surface area contributed by atoms with Crippen molar-refractivity contribution in [2.75, 3.05) is 26.2 Å². The van der Waals surface area contributed by atoms with E-state index in [4.69, 9.17) is 4.98 Å². The van der Waals surface area contributed by atoms with Crippen molar-refractivity contribution in [2.24, 2.45) is 0 Å².